The Morgan fingerprint density at radius 1 is 1.27 bits per heavy atom. The molecule has 0 bridgehead atoms. The van der Waals surface area contributed by atoms with Crippen molar-refractivity contribution in [2.75, 3.05) is 13.2 Å². The summed E-state index contributed by atoms with van der Waals surface area (Å²) in [4.78, 5) is 0. The van der Waals surface area contributed by atoms with Crippen LogP contribution in [0.3, 0.4) is 0 Å². The van der Waals surface area contributed by atoms with Crippen molar-refractivity contribution in [3.8, 4) is 6.07 Å². The molecule has 3 unspecified atom stereocenters. The van der Waals surface area contributed by atoms with Crippen LogP contribution in [0.25, 0.3) is 0 Å². The number of benzene rings is 1. The molecular formula is C18H24N2O2. The van der Waals surface area contributed by atoms with E-state index in [4.69, 9.17) is 10.00 Å². The third-order valence-corrected chi connectivity index (χ3v) is 5.14. The van der Waals surface area contributed by atoms with Crippen molar-refractivity contribution in [3.05, 3.63) is 35.4 Å². The van der Waals surface area contributed by atoms with E-state index in [0.29, 0.717) is 18.2 Å². The monoisotopic (exact) mass is 300 g/mol. The Morgan fingerprint density at radius 2 is 2.09 bits per heavy atom. The summed E-state index contributed by atoms with van der Waals surface area (Å²) >= 11 is 0. The quantitative estimate of drug-likeness (QED) is 0.897. The normalized spacial score (nSPS) is 29.4. The van der Waals surface area contributed by atoms with Gasteiger partial charge < -0.3 is 15.2 Å². The van der Waals surface area contributed by atoms with Gasteiger partial charge >= 0.3 is 0 Å². The molecule has 0 radical (unpaired) electrons. The highest BCUT2D eigenvalue weighted by Gasteiger charge is 2.44. The summed E-state index contributed by atoms with van der Waals surface area (Å²) in [6, 6.07) is 9.27. The molecule has 1 saturated carbocycles. The SMILES string of the molecule is N#Cc1ccc(C(O)CNC23CCCCCC2OCC3)cc1. The molecule has 1 aromatic carbocycles. The molecule has 3 rings (SSSR count). The molecule has 1 aliphatic carbocycles. The van der Waals surface area contributed by atoms with Crippen LogP contribution in [0.4, 0.5) is 0 Å². The molecule has 0 amide bonds. The lowest BCUT2D eigenvalue weighted by Gasteiger charge is -2.35. The fraction of sp³-hybridized carbons (Fsp3) is 0.611. The predicted octanol–water partition coefficient (Wildman–Crippen LogP) is 2.67. The average molecular weight is 300 g/mol. The number of ether oxygens (including phenoxy) is 1. The van der Waals surface area contributed by atoms with Crippen LogP contribution in [0.1, 0.15) is 55.8 Å². The first-order valence-corrected chi connectivity index (χ1v) is 8.28. The van der Waals surface area contributed by atoms with Gasteiger partial charge in [-0.1, -0.05) is 31.4 Å². The highest BCUT2D eigenvalue weighted by molar-refractivity contribution is 5.32. The molecule has 1 saturated heterocycles. The first-order chi connectivity index (χ1) is 10.7. The molecule has 4 nitrogen and oxygen atoms in total. The van der Waals surface area contributed by atoms with Crippen molar-refractivity contribution < 1.29 is 9.84 Å². The van der Waals surface area contributed by atoms with E-state index in [1.807, 2.05) is 12.1 Å². The number of fused-ring (bicyclic) bond motifs is 1. The van der Waals surface area contributed by atoms with Crippen LogP contribution in [0.15, 0.2) is 24.3 Å². The van der Waals surface area contributed by atoms with Crippen LogP contribution >= 0.6 is 0 Å². The van der Waals surface area contributed by atoms with Gasteiger partial charge in [0.25, 0.3) is 0 Å². The number of nitrogens with one attached hydrogen (secondary N) is 1. The molecule has 0 aromatic heterocycles. The van der Waals surface area contributed by atoms with E-state index in [9.17, 15) is 5.11 Å². The lowest BCUT2D eigenvalue weighted by molar-refractivity contribution is 0.0554. The summed E-state index contributed by atoms with van der Waals surface area (Å²) in [5, 5.41) is 22.9. The van der Waals surface area contributed by atoms with Crippen LogP contribution in [-0.2, 0) is 4.74 Å². The van der Waals surface area contributed by atoms with Crippen molar-refractivity contribution in [2.24, 2.45) is 0 Å². The van der Waals surface area contributed by atoms with Gasteiger partial charge in [-0.15, -0.1) is 0 Å². The van der Waals surface area contributed by atoms with Gasteiger partial charge in [-0.25, -0.2) is 0 Å². The largest absolute Gasteiger partial charge is 0.387 e. The van der Waals surface area contributed by atoms with Gasteiger partial charge in [0.15, 0.2) is 0 Å². The zero-order valence-electron chi connectivity index (χ0n) is 12.9. The maximum atomic E-state index is 10.4. The fourth-order valence-electron chi connectivity index (χ4n) is 3.78. The third kappa shape index (κ3) is 3.17. The second-order valence-corrected chi connectivity index (χ2v) is 6.50. The number of β-amino-alcohol motifs (C(OH)–C–C–N with tert-alkyl or cyclic N) is 1. The summed E-state index contributed by atoms with van der Waals surface area (Å²) in [5.41, 5.74) is 1.52. The smallest absolute Gasteiger partial charge is 0.0991 e. The van der Waals surface area contributed by atoms with Crippen LogP contribution in [0, 0.1) is 11.3 Å². The predicted molar refractivity (Wildman–Crippen MR) is 84.3 cm³/mol. The topological polar surface area (TPSA) is 65.3 Å². The summed E-state index contributed by atoms with van der Waals surface area (Å²) in [5.74, 6) is 0. The van der Waals surface area contributed by atoms with Crippen LogP contribution < -0.4 is 5.32 Å². The molecule has 4 heteroatoms. The Kier molecular flexibility index (Phi) is 4.77. The number of rotatable bonds is 4. The highest BCUT2D eigenvalue weighted by Crippen LogP contribution is 2.37. The molecule has 2 fully saturated rings. The van der Waals surface area contributed by atoms with Gasteiger partial charge in [0.2, 0.25) is 0 Å². The van der Waals surface area contributed by atoms with Gasteiger partial charge in [0.1, 0.15) is 0 Å². The lowest BCUT2D eigenvalue weighted by atomic mass is 9.86. The third-order valence-electron chi connectivity index (χ3n) is 5.14. The molecule has 1 heterocycles. The van der Waals surface area contributed by atoms with Crippen LogP contribution in [0.2, 0.25) is 0 Å². The minimum atomic E-state index is -0.549. The van der Waals surface area contributed by atoms with Crippen molar-refractivity contribution in [1.29, 1.82) is 5.26 Å². The number of hydrogen-bond acceptors (Lipinski definition) is 4. The second kappa shape index (κ2) is 6.78. The Morgan fingerprint density at radius 3 is 2.86 bits per heavy atom. The molecule has 3 atom stereocenters. The Hall–Kier alpha value is -1.41. The molecule has 1 aliphatic heterocycles. The molecule has 118 valence electrons. The minimum Gasteiger partial charge on any atom is -0.387 e. The molecular weight excluding hydrogens is 276 g/mol. The van der Waals surface area contributed by atoms with Gasteiger partial charge in [-0.05, 0) is 37.0 Å². The fourth-order valence-corrected chi connectivity index (χ4v) is 3.78. The zero-order valence-corrected chi connectivity index (χ0v) is 12.9. The first-order valence-electron chi connectivity index (χ1n) is 8.28. The first kappa shape index (κ1) is 15.5. The summed E-state index contributed by atoms with van der Waals surface area (Å²) in [6.07, 6.45) is 6.80. The number of aliphatic hydroxyl groups excluding tert-OH is 1. The van der Waals surface area contributed by atoms with Gasteiger partial charge in [0.05, 0.1) is 23.8 Å². The van der Waals surface area contributed by atoms with E-state index >= 15 is 0 Å². The summed E-state index contributed by atoms with van der Waals surface area (Å²) in [7, 11) is 0. The number of nitrogens with zero attached hydrogens (tertiary/aromatic N) is 1. The number of nitriles is 1. The van der Waals surface area contributed by atoms with Gasteiger partial charge in [-0.2, -0.15) is 5.26 Å². The Bertz CT molecular complexity index is 537. The molecule has 1 aromatic rings. The number of aliphatic hydroxyl groups is 1. The second-order valence-electron chi connectivity index (χ2n) is 6.50. The minimum absolute atomic E-state index is 0.0457. The standard InChI is InChI=1S/C18H24N2O2/c19-12-14-5-7-15(8-6-14)16(21)13-20-18-9-3-1-2-4-17(18)22-11-10-18/h5-8,16-17,20-21H,1-4,9-11,13H2. The molecule has 22 heavy (non-hydrogen) atoms. The Balaban J connectivity index is 1.63. The lowest BCUT2D eigenvalue weighted by Crippen LogP contribution is -2.52. The zero-order chi connectivity index (χ0) is 15.4. The molecule has 0 spiro atoms. The van der Waals surface area contributed by atoms with Gasteiger partial charge in [-0.3, -0.25) is 0 Å². The molecule has 2 aliphatic rings. The van der Waals surface area contributed by atoms with E-state index in [0.717, 1.165) is 31.4 Å². The van der Waals surface area contributed by atoms with Crippen molar-refractivity contribution >= 4 is 0 Å². The van der Waals surface area contributed by atoms with E-state index in [2.05, 4.69) is 11.4 Å². The maximum Gasteiger partial charge on any atom is 0.0991 e. The number of hydrogen-bond donors (Lipinski definition) is 2. The van der Waals surface area contributed by atoms with E-state index in [1.54, 1.807) is 12.1 Å². The van der Waals surface area contributed by atoms with Crippen molar-refractivity contribution in [2.45, 2.75) is 56.3 Å². The summed E-state index contributed by atoms with van der Waals surface area (Å²) < 4.78 is 5.93. The average Bonchev–Trinajstić information content (AvgIpc) is 2.85. The van der Waals surface area contributed by atoms with E-state index in [-0.39, 0.29) is 5.54 Å². The maximum absolute atomic E-state index is 10.4. The van der Waals surface area contributed by atoms with E-state index in [1.165, 1.54) is 19.3 Å². The van der Waals surface area contributed by atoms with Crippen molar-refractivity contribution in [3.63, 3.8) is 0 Å². The van der Waals surface area contributed by atoms with E-state index < -0.39 is 6.10 Å². The van der Waals surface area contributed by atoms with Crippen LogP contribution in [-0.4, -0.2) is 29.9 Å². The van der Waals surface area contributed by atoms with Crippen LogP contribution in [0.5, 0.6) is 0 Å². The van der Waals surface area contributed by atoms with Crippen molar-refractivity contribution in [1.82, 2.24) is 5.32 Å². The van der Waals surface area contributed by atoms with Gasteiger partial charge in [0, 0.05) is 18.7 Å². The molecule has 2 N–H and O–H groups in total. The Labute approximate surface area is 132 Å². The summed E-state index contributed by atoms with van der Waals surface area (Å²) in [6.45, 7) is 1.36. The highest BCUT2D eigenvalue weighted by atomic mass is 16.5.